The summed E-state index contributed by atoms with van der Waals surface area (Å²) in [5, 5.41) is 3.97. The molecule has 0 fully saturated rings. The molecule has 0 aliphatic rings. The first-order valence-corrected chi connectivity index (χ1v) is 7.36. The number of nitrogens with zero attached hydrogens (tertiary/aromatic N) is 2. The normalized spacial score (nSPS) is 12.0. The van der Waals surface area contributed by atoms with Gasteiger partial charge in [0.2, 0.25) is 10.0 Å². The topological polar surface area (TPSA) is 63.4 Å². The van der Waals surface area contributed by atoms with Crippen molar-refractivity contribution < 1.29 is 12.9 Å². The summed E-state index contributed by atoms with van der Waals surface area (Å²) in [5.74, 6) is 0.638. The third-order valence-corrected chi connectivity index (χ3v) is 4.89. The van der Waals surface area contributed by atoms with Crippen molar-refractivity contribution in [3.8, 4) is 0 Å². The molecule has 102 valence electrons. The molecule has 7 heteroatoms. The average molecular weight is 301 g/mol. The molecule has 0 spiro atoms. The quantitative estimate of drug-likeness (QED) is 0.870. The van der Waals surface area contributed by atoms with Crippen LogP contribution in [0.25, 0.3) is 0 Å². The number of aryl methyl sites for hydroxylation is 1. The summed E-state index contributed by atoms with van der Waals surface area (Å²) in [7, 11) is -2.16. The van der Waals surface area contributed by atoms with Crippen LogP contribution >= 0.6 is 11.6 Å². The van der Waals surface area contributed by atoms with Crippen LogP contribution in [0.2, 0.25) is 5.02 Å². The molecule has 1 heterocycles. The van der Waals surface area contributed by atoms with Crippen LogP contribution in [-0.2, 0) is 16.6 Å². The van der Waals surface area contributed by atoms with E-state index in [1.807, 2.05) is 0 Å². The number of benzene rings is 1. The van der Waals surface area contributed by atoms with Crippen LogP contribution in [0.3, 0.4) is 0 Å². The summed E-state index contributed by atoms with van der Waals surface area (Å²) in [5.41, 5.74) is 0.552. The maximum absolute atomic E-state index is 12.3. The van der Waals surface area contributed by atoms with Crippen molar-refractivity contribution in [2.24, 2.45) is 0 Å². The Labute approximate surface area is 116 Å². The molecule has 0 bridgehead atoms. The van der Waals surface area contributed by atoms with E-state index in [0.29, 0.717) is 11.5 Å². The van der Waals surface area contributed by atoms with E-state index in [2.05, 4.69) is 5.16 Å². The van der Waals surface area contributed by atoms with Crippen LogP contribution < -0.4 is 0 Å². The molecule has 2 aromatic rings. The van der Waals surface area contributed by atoms with Gasteiger partial charge < -0.3 is 4.52 Å². The lowest BCUT2D eigenvalue weighted by Gasteiger charge is -2.16. The van der Waals surface area contributed by atoms with Crippen LogP contribution in [-0.4, -0.2) is 24.9 Å². The van der Waals surface area contributed by atoms with E-state index in [0.717, 1.165) is 0 Å². The molecule has 5 nitrogen and oxygen atoms in total. The molecule has 0 atom stereocenters. The molecule has 0 aliphatic carbocycles. The van der Waals surface area contributed by atoms with Crippen molar-refractivity contribution >= 4 is 21.6 Å². The van der Waals surface area contributed by atoms with Gasteiger partial charge in [-0.2, -0.15) is 4.31 Å². The fraction of sp³-hybridized carbons (Fsp3) is 0.250. The van der Waals surface area contributed by atoms with Crippen molar-refractivity contribution in [3.05, 3.63) is 46.8 Å². The Balaban J connectivity index is 2.27. The Hall–Kier alpha value is -1.37. The minimum absolute atomic E-state index is 0.0828. The summed E-state index contributed by atoms with van der Waals surface area (Å²) in [6, 6.07) is 8.03. The molecule has 1 aromatic heterocycles. The number of rotatable bonds is 4. The number of sulfonamides is 1. The fourth-order valence-corrected chi connectivity index (χ4v) is 3.26. The van der Waals surface area contributed by atoms with Gasteiger partial charge in [-0.1, -0.05) is 28.9 Å². The van der Waals surface area contributed by atoms with Crippen LogP contribution in [0.15, 0.2) is 39.8 Å². The van der Waals surface area contributed by atoms with Gasteiger partial charge >= 0.3 is 0 Å². The van der Waals surface area contributed by atoms with Crippen LogP contribution in [0.1, 0.15) is 11.5 Å². The lowest BCUT2D eigenvalue weighted by Crippen LogP contribution is -2.26. The molecular weight excluding hydrogens is 288 g/mol. The highest BCUT2D eigenvalue weighted by Crippen LogP contribution is 2.24. The molecule has 2 rings (SSSR count). The smallest absolute Gasteiger partial charge is 0.244 e. The van der Waals surface area contributed by atoms with E-state index in [-0.39, 0.29) is 16.5 Å². The van der Waals surface area contributed by atoms with Crippen molar-refractivity contribution in [2.45, 2.75) is 18.4 Å². The first-order chi connectivity index (χ1) is 8.91. The Morgan fingerprint density at radius 3 is 2.63 bits per heavy atom. The molecule has 1 aromatic carbocycles. The zero-order valence-corrected chi connectivity index (χ0v) is 12.1. The van der Waals surface area contributed by atoms with E-state index < -0.39 is 10.0 Å². The van der Waals surface area contributed by atoms with E-state index in [4.69, 9.17) is 16.1 Å². The molecule has 0 N–H and O–H groups in total. The number of hydrogen-bond donors (Lipinski definition) is 0. The number of aromatic nitrogens is 1. The van der Waals surface area contributed by atoms with Crippen molar-refractivity contribution in [2.75, 3.05) is 7.05 Å². The molecule has 19 heavy (non-hydrogen) atoms. The van der Waals surface area contributed by atoms with Gasteiger partial charge in [0.05, 0.1) is 17.3 Å². The van der Waals surface area contributed by atoms with E-state index in [1.165, 1.54) is 17.4 Å². The second-order valence-electron chi connectivity index (χ2n) is 4.12. The predicted molar refractivity (Wildman–Crippen MR) is 71.3 cm³/mol. The van der Waals surface area contributed by atoms with E-state index in [1.54, 1.807) is 31.2 Å². The van der Waals surface area contributed by atoms with Gasteiger partial charge in [0.15, 0.2) is 0 Å². The molecule has 0 saturated heterocycles. The van der Waals surface area contributed by atoms with Gasteiger partial charge in [0.25, 0.3) is 0 Å². The van der Waals surface area contributed by atoms with Gasteiger partial charge in [0.1, 0.15) is 10.7 Å². The second kappa shape index (κ2) is 5.32. The second-order valence-corrected chi connectivity index (χ2v) is 6.54. The summed E-state index contributed by atoms with van der Waals surface area (Å²) < 4.78 is 30.8. The van der Waals surface area contributed by atoms with E-state index >= 15 is 0 Å². The first kappa shape index (κ1) is 14.0. The lowest BCUT2D eigenvalue weighted by atomic mass is 10.4. The third kappa shape index (κ3) is 2.97. The monoisotopic (exact) mass is 300 g/mol. The highest BCUT2D eigenvalue weighted by atomic mass is 35.5. The molecule has 0 saturated carbocycles. The number of hydrogen-bond acceptors (Lipinski definition) is 4. The minimum atomic E-state index is -3.64. The van der Waals surface area contributed by atoms with Gasteiger partial charge in [0, 0.05) is 13.1 Å². The van der Waals surface area contributed by atoms with Crippen molar-refractivity contribution in [1.29, 1.82) is 0 Å². The summed E-state index contributed by atoms with van der Waals surface area (Å²) in [6.07, 6.45) is 0. The largest absolute Gasteiger partial charge is 0.361 e. The Morgan fingerprint density at radius 2 is 2.05 bits per heavy atom. The molecule has 0 radical (unpaired) electrons. The van der Waals surface area contributed by atoms with Crippen LogP contribution in [0, 0.1) is 6.92 Å². The zero-order chi connectivity index (χ0) is 14.0. The predicted octanol–water partition coefficient (Wildman–Crippen LogP) is 2.46. The van der Waals surface area contributed by atoms with Crippen LogP contribution in [0.5, 0.6) is 0 Å². The summed E-state index contributed by atoms with van der Waals surface area (Å²) >= 11 is 5.92. The van der Waals surface area contributed by atoms with Crippen molar-refractivity contribution in [1.82, 2.24) is 9.46 Å². The molecule has 0 unspecified atom stereocenters. The Morgan fingerprint density at radius 1 is 1.37 bits per heavy atom. The van der Waals surface area contributed by atoms with Gasteiger partial charge in [-0.3, -0.25) is 0 Å². The fourth-order valence-electron chi connectivity index (χ4n) is 1.63. The first-order valence-electron chi connectivity index (χ1n) is 5.54. The van der Waals surface area contributed by atoms with Gasteiger partial charge in [-0.05, 0) is 19.1 Å². The lowest BCUT2D eigenvalue weighted by molar-refractivity contribution is 0.378. The molecular formula is C12H13ClN2O3S. The van der Waals surface area contributed by atoms with Gasteiger partial charge in [-0.25, -0.2) is 8.42 Å². The number of halogens is 1. The summed E-state index contributed by atoms with van der Waals surface area (Å²) in [4.78, 5) is 0.0828. The minimum Gasteiger partial charge on any atom is -0.361 e. The van der Waals surface area contributed by atoms with Crippen LogP contribution in [0.4, 0.5) is 0 Å². The maximum atomic E-state index is 12.3. The molecule has 0 amide bonds. The zero-order valence-electron chi connectivity index (χ0n) is 10.5. The van der Waals surface area contributed by atoms with Crippen molar-refractivity contribution in [3.63, 3.8) is 0 Å². The third-order valence-electron chi connectivity index (χ3n) is 2.59. The Bertz CT molecular complexity index is 682. The highest BCUT2D eigenvalue weighted by molar-refractivity contribution is 7.89. The van der Waals surface area contributed by atoms with Gasteiger partial charge in [-0.15, -0.1) is 0 Å². The average Bonchev–Trinajstić information content (AvgIpc) is 2.75. The maximum Gasteiger partial charge on any atom is 0.244 e. The highest BCUT2D eigenvalue weighted by Gasteiger charge is 2.24. The summed E-state index contributed by atoms with van der Waals surface area (Å²) in [6.45, 7) is 1.88. The molecule has 0 aliphatic heterocycles. The van der Waals surface area contributed by atoms with E-state index in [9.17, 15) is 8.42 Å². The Kier molecular flexibility index (Phi) is 3.93. The SMILES string of the molecule is Cc1cc(CN(C)S(=O)(=O)c2ccccc2Cl)no1. The standard InChI is InChI=1S/C12H13ClN2O3S/c1-9-7-10(14-18-9)8-15(2)19(16,17)12-6-4-3-5-11(12)13/h3-7H,8H2,1-2H3.